The van der Waals surface area contributed by atoms with Gasteiger partial charge in [0, 0.05) is 43.3 Å². The molecule has 1 aliphatic heterocycles. The summed E-state index contributed by atoms with van der Waals surface area (Å²) in [5, 5.41) is 4.61. The molecular formula is C23H24ClN5O. The van der Waals surface area contributed by atoms with Crippen molar-refractivity contribution < 1.29 is 4.79 Å². The molecule has 0 aromatic carbocycles. The zero-order valence-electron chi connectivity index (χ0n) is 16.9. The molecule has 7 heteroatoms. The Morgan fingerprint density at radius 2 is 2.20 bits per heavy atom. The number of halogens is 1. The van der Waals surface area contributed by atoms with Crippen LogP contribution in [0.15, 0.2) is 42.7 Å². The van der Waals surface area contributed by atoms with E-state index in [1.165, 1.54) is 5.57 Å². The highest BCUT2D eigenvalue weighted by molar-refractivity contribution is 6.29. The lowest BCUT2D eigenvalue weighted by molar-refractivity contribution is -0.117. The van der Waals surface area contributed by atoms with Gasteiger partial charge in [0.05, 0.1) is 0 Å². The minimum absolute atomic E-state index is 0.0766. The molecule has 1 atom stereocenters. The number of rotatable bonds is 5. The summed E-state index contributed by atoms with van der Waals surface area (Å²) in [7, 11) is 0. The van der Waals surface area contributed by atoms with Gasteiger partial charge in [-0.05, 0) is 53.7 Å². The van der Waals surface area contributed by atoms with E-state index in [0.717, 1.165) is 54.6 Å². The van der Waals surface area contributed by atoms with E-state index in [2.05, 4.69) is 44.2 Å². The van der Waals surface area contributed by atoms with Gasteiger partial charge in [0.2, 0.25) is 5.91 Å². The topological polar surface area (TPSA) is 73.9 Å². The summed E-state index contributed by atoms with van der Waals surface area (Å²) in [6, 6.07) is 7.95. The Morgan fingerprint density at radius 1 is 1.33 bits per heavy atom. The monoisotopic (exact) mass is 421 g/mol. The Morgan fingerprint density at radius 3 is 2.93 bits per heavy atom. The van der Waals surface area contributed by atoms with E-state index < -0.39 is 0 Å². The third kappa shape index (κ3) is 3.98. The largest absolute Gasteiger partial charge is 0.346 e. The fourth-order valence-electron chi connectivity index (χ4n) is 4.17. The highest BCUT2D eigenvalue weighted by Gasteiger charge is 2.30. The van der Waals surface area contributed by atoms with Crippen molar-refractivity contribution in [2.75, 3.05) is 18.4 Å². The standard InChI is InChI=1S/C23H24ClN5O/c1-14-12-29(13-15-2-5-20(24)26-11-15)9-7-17(14)19-10-21(28-23(30)16-3-4-16)27-22-18(19)6-8-25-22/h2,5-8,10-11,14,16H,3-4,9,12-13H2,1H3,(H2,25,27,28,30)/t14-/m1/s1. The Balaban J connectivity index is 1.40. The third-order valence-electron chi connectivity index (χ3n) is 5.87. The minimum Gasteiger partial charge on any atom is -0.346 e. The normalized spacial score (nSPS) is 19.7. The second-order valence-corrected chi connectivity index (χ2v) is 8.69. The van der Waals surface area contributed by atoms with Crippen LogP contribution >= 0.6 is 11.6 Å². The Kier molecular flexibility index (Phi) is 5.05. The number of hydrogen-bond donors (Lipinski definition) is 2. The number of H-pyrrole nitrogens is 1. The van der Waals surface area contributed by atoms with Crippen molar-refractivity contribution in [3.05, 3.63) is 59.0 Å². The first kappa shape index (κ1) is 19.3. The molecule has 2 aliphatic rings. The number of amides is 1. The van der Waals surface area contributed by atoms with Crippen LogP contribution in [-0.2, 0) is 11.3 Å². The van der Waals surface area contributed by atoms with Crippen molar-refractivity contribution in [2.24, 2.45) is 11.8 Å². The molecule has 5 rings (SSSR count). The Hall–Kier alpha value is -2.70. The van der Waals surface area contributed by atoms with Gasteiger partial charge in [-0.2, -0.15) is 0 Å². The van der Waals surface area contributed by atoms with Crippen LogP contribution in [-0.4, -0.2) is 38.8 Å². The second kappa shape index (κ2) is 7.85. The van der Waals surface area contributed by atoms with Crippen molar-refractivity contribution in [3.8, 4) is 0 Å². The van der Waals surface area contributed by atoms with Gasteiger partial charge in [-0.3, -0.25) is 9.69 Å². The van der Waals surface area contributed by atoms with E-state index in [-0.39, 0.29) is 11.8 Å². The first-order chi connectivity index (χ1) is 14.6. The van der Waals surface area contributed by atoms with E-state index >= 15 is 0 Å². The molecule has 3 aromatic rings. The highest BCUT2D eigenvalue weighted by atomic mass is 35.5. The lowest BCUT2D eigenvalue weighted by Gasteiger charge is -2.31. The van der Waals surface area contributed by atoms with E-state index in [9.17, 15) is 4.79 Å². The summed E-state index contributed by atoms with van der Waals surface area (Å²) < 4.78 is 0. The van der Waals surface area contributed by atoms with Crippen molar-refractivity contribution in [1.29, 1.82) is 0 Å². The average molecular weight is 422 g/mol. The van der Waals surface area contributed by atoms with E-state index in [0.29, 0.717) is 16.9 Å². The van der Waals surface area contributed by atoms with Crippen LogP contribution in [0.5, 0.6) is 0 Å². The highest BCUT2D eigenvalue weighted by Crippen LogP contribution is 2.35. The van der Waals surface area contributed by atoms with Crippen LogP contribution in [0, 0.1) is 11.8 Å². The number of fused-ring (bicyclic) bond motifs is 1. The van der Waals surface area contributed by atoms with Gasteiger partial charge >= 0.3 is 0 Å². The smallest absolute Gasteiger partial charge is 0.228 e. The molecule has 0 unspecified atom stereocenters. The minimum atomic E-state index is 0.0766. The van der Waals surface area contributed by atoms with Gasteiger partial charge in [0.15, 0.2) is 0 Å². The van der Waals surface area contributed by atoms with E-state index in [1.807, 2.05) is 30.6 Å². The zero-order valence-corrected chi connectivity index (χ0v) is 17.6. The van der Waals surface area contributed by atoms with Crippen LogP contribution in [0.1, 0.15) is 30.9 Å². The number of pyridine rings is 2. The van der Waals surface area contributed by atoms with Crippen LogP contribution in [0.4, 0.5) is 5.82 Å². The van der Waals surface area contributed by atoms with Crippen molar-refractivity contribution in [1.82, 2.24) is 19.9 Å². The number of carbonyl (C=O) groups excluding carboxylic acids is 1. The van der Waals surface area contributed by atoms with Gasteiger partial charge in [-0.15, -0.1) is 0 Å². The number of aromatic amines is 1. The molecule has 1 saturated carbocycles. The summed E-state index contributed by atoms with van der Waals surface area (Å²) in [6.45, 7) is 4.91. The van der Waals surface area contributed by atoms with Gasteiger partial charge in [-0.1, -0.05) is 30.7 Å². The van der Waals surface area contributed by atoms with Crippen molar-refractivity contribution >= 4 is 39.9 Å². The quantitative estimate of drug-likeness (QED) is 0.595. The maximum Gasteiger partial charge on any atom is 0.228 e. The summed E-state index contributed by atoms with van der Waals surface area (Å²) in [5.74, 6) is 1.21. The molecule has 2 N–H and O–H groups in total. The molecule has 0 saturated heterocycles. The summed E-state index contributed by atoms with van der Waals surface area (Å²) >= 11 is 5.90. The van der Waals surface area contributed by atoms with Crippen LogP contribution in [0.3, 0.4) is 0 Å². The fraction of sp³-hybridized carbons (Fsp3) is 0.348. The van der Waals surface area contributed by atoms with Crippen molar-refractivity contribution in [3.63, 3.8) is 0 Å². The predicted molar refractivity (Wildman–Crippen MR) is 119 cm³/mol. The average Bonchev–Trinajstić information content (AvgIpc) is 3.48. The molecule has 1 aliphatic carbocycles. The Labute approximate surface area is 180 Å². The number of carbonyl (C=O) groups is 1. The van der Waals surface area contributed by atoms with Gasteiger partial charge in [-0.25, -0.2) is 9.97 Å². The molecule has 6 nitrogen and oxygen atoms in total. The molecule has 30 heavy (non-hydrogen) atoms. The third-order valence-corrected chi connectivity index (χ3v) is 6.09. The second-order valence-electron chi connectivity index (χ2n) is 8.30. The van der Waals surface area contributed by atoms with Gasteiger partial charge < -0.3 is 10.3 Å². The van der Waals surface area contributed by atoms with E-state index in [1.54, 1.807) is 0 Å². The molecular weight excluding hydrogens is 398 g/mol. The molecule has 0 spiro atoms. The molecule has 1 amide bonds. The number of hydrogen-bond acceptors (Lipinski definition) is 4. The number of aromatic nitrogens is 3. The first-order valence-corrected chi connectivity index (χ1v) is 10.8. The number of nitrogens with one attached hydrogen (secondary N) is 2. The molecule has 3 aromatic heterocycles. The zero-order chi connectivity index (χ0) is 20.7. The summed E-state index contributed by atoms with van der Waals surface area (Å²) in [6.07, 6.45) is 8.00. The molecule has 4 heterocycles. The predicted octanol–water partition coefficient (Wildman–Crippen LogP) is 4.50. The fourth-order valence-corrected chi connectivity index (χ4v) is 4.28. The lowest BCUT2D eigenvalue weighted by Crippen LogP contribution is -2.32. The number of nitrogens with zero attached hydrogens (tertiary/aromatic N) is 3. The summed E-state index contributed by atoms with van der Waals surface area (Å²) in [4.78, 5) is 26.6. The SMILES string of the molecule is C[C@@H]1CN(Cc2ccc(Cl)nc2)CC=C1c1cc(NC(=O)C2CC2)nc2[nH]ccc12. The van der Waals surface area contributed by atoms with Gasteiger partial charge in [0.25, 0.3) is 0 Å². The maximum absolute atomic E-state index is 12.2. The van der Waals surface area contributed by atoms with Crippen LogP contribution < -0.4 is 5.32 Å². The molecule has 0 radical (unpaired) electrons. The van der Waals surface area contributed by atoms with Gasteiger partial charge in [0.1, 0.15) is 16.6 Å². The van der Waals surface area contributed by atoms with Crippen LogP contribution in [0.25, 0.3) is 16.6 Å². The summed E-state index contributed by atoms with van der Waals surface area (Å²) in [5.41, 5.74) is 4.41. The first-order valence-electron chi connectivity index (χ1n) is 10.4. The van der Waals surface area contributed by atoms with E-state index in [4.69, 9.17) is 11.6 Å². The van der Waals surface area contributed by atoms with Crippen LogP contribution in [0.2, 0.25) is 5.15 Å². The Bertz CT molecular complexity index is 1120. The van der Waals surface area contributed by atoms with Crippen molar-refractivity contribution in [2.45, 2.75) is 26.3 Å². The molecule has 1 fully saturated rings. The molecule has 0 bridgehead atoms. The lowest BCUT2D eigenvalue weighted by atomic mass is 9.89. The molecule has 154 valence electrons. The number of anilines is 1. The maximum atomic E-state index is 12.2.